The molecule has 2 heterocycles. The Bertz CT molecular complexity index is 887. The van der Waals surface area contributed by atoms with Gasteiger partial charge in [-0.25, -0.2) is 4.79 Å². The number of amides is 1. The molecule has 1 aliphatic rings. The molecule has 0 bridgehead atoms. The van der Waals surface area contributed by atoms with Crippen molar-refractivity contribution < 1.29 is 14.3 Å². The van der Waals surface area contributed by atoms with Crippen LogP contribution >= 0.6 is 23.6 Å². The summed E-state index contributed by atoms with van der Waals surface area (Å²) in [5, 5.41) is 10.9. The lowest BCUT2D eigenvalue weighted by Gasteiger charge is -2.12. The molecule has 2 aromatic heterocycles. The molecule has 0 spiro atoms. The third-order valence-electron chi connectivity index (χ3n) is 4.21. The number of esters is 1. The van der Waals surface area contributed by atoms with Crippen LogP contribution in [0.3, 0.4) is 0 Å². The second kappa shape index (κ2) is 7.42. The summed E-state index contributed by atoms with van der Waals surface area (Å²) in [7, 11) is 2.98. The highest BCUT2D eigenvalue weighted by Crippen LogP contribution is 2.38. The molecule has 26 heavy (non-hydrogen) atoms. The van der Waals surface area contributed by atoms with Crippen LogP contribution in [0.25, 0.3) is 0 Å². The van der Waals surface area contributed by atoms with Crippen molar-refractivity contribution in [3.63, 3.8) is 0 Å². The van der Waals surface area contributed by atoms with E-state index in [9.17, 15) is 9.59 Å². The number of hydrogen-bond acceptors (Lipinski definition) is 6. The zero-order valence-electron chi connectivity index (χ0n) is 14.4. The molecule has 2 aromatic rings. The van der Waals surface area contributed by atoms with Crippen molar-refractivity contribution in [2.45, 2.75) is 25.7 Å². The van der Waals surface area contributed by atoms with E-state index in [1.807, 2.05) is 0 Å². The maximum absolute atomic E-state index is 12.3. The molecule has 0 aliphatic heterocycles. The molecule has 138 valence electrons. The number of carbonyl (C=O) groups excluding carboxylic acids is 2. The van der Waals surface area contributed by atoms with Crippen LogP contribution in [-0.4, -0.2) is 33.9 Å². The first kappa shape index (κ1) is 18.3. The SMILES string of the molecule is COC(=O)c1c(NC(=S)Nc2cnn(C)c2C(N)=O)sc2c1CCCC2. The number of anilines is 2. The number of nitrogens with two attached hydrogens (primary N) is 1. The predicted molar refractivity (Wildman–Crippen MR) is 104 cm³/mol. The Morgan fingerprint density at radius 1 is 1.35 bits per heavy atom. The van der Waals surface area contributed by atoms with Gasteiger partial charge in [-0.1, -0.05) is 0 Å². The Labute approximate surface area is 159 Å². The quantitative estimate of drug-likeness (QED) is 0.538. The molecule has 1 amide bonds. The van der Waals surface area contributed by atoms with Gasteiger partial charge < -0.3 is 21.1 Å². The van der Waals surface area contributed by atoms with Gasteiger partial charge in [-0.05, 0) is 43.5 Å². The molecule has 0 radical (unpaired) electrons. The van der Waals surface area contributed by atoms with Crippen molar-refractivity contribution in [2.75, 3.05) is 17.7 Å². The number of aryl methyl sites for hydroxylation is 2. The average Bonchev–Trinajstić information content (AvgIpc) is 3.14. The van der Waals surface area contributed by atoms with Crippen molar-refractivity contribution in [1.29, 1.82) is 0 Å². The van der Waals surface area contributed by atoms with Crippen LogP contribution in [-0.2, 0) is 24.6 Å². The second-order valence-electron chi connectivity index (χ2n) is 5.88. The van der Waals surface area contributed by atoms with Crippen LogP contribution in [0.4, 0.5) is 10.7 Å². The number of thiocarbonyl (C=S) groups is 1. The normalized spacial score (nSPS) is 13.0. The first-order valence-electron chi connectivity index (χ1n) is 8.05. The molecule has 3 rings (SSSR count). The minimum Gasteiger partial charge on any atom is -0.465 e. The second-order valence-corrected chi connectivity index (χ2v) is 7.39. The lowest BCUT2D eigenvalue weighted by atomic mass is 9.95. The fraction of sp³-hybridized carbons (Fsp3) is 0.375. The van der Waals surface area contributed by atoms with Gasteiger partial charge in [0.2, 0.25) is 0 Å². The van der Waals surface area contributed by atoms with Crippen molar-refractivity contribution in [1.82, 2.24) is 9.78 Å². The lowest BCUT2D eigenvalue weighted by molar-refractivity contribution is 0.0601. The first-order chi connectivity index (χ1) is 12.4. The number of primary amides is 1. The topological polar surface area (TPSA) is 111 Å². The Morgan fingerprint density at radius 2 is 2.08 bits per heavy atom. The molecule has 4 N–H and O–H groups in total. The Balaban J connectivity index is 1.85. The number of fused-ring (bicyclic) bond motifs is 1. The van der Waals surface area contributed by atoms with Crippen LogP contribution < -0.4 is 16.4 Å². The minimum atomic E-state index is -0.614. The number of thiophene rings is 1. The van der Waals surface area contributed by atoms with E-state index in [1.165, 1.54) is 34.2 Å². The summed E-state index contributed by atoms with van der Waals surface area (Å²) in [5.41, 5.74) is 7.57. The van der Waals surface area contributed by atoms with E-state index in [4.69, 9.17) is 22.7 Å². The number of carbonyl (C=O) groups is 2. The molecule has 0 saturated heterocycles. The smallest absolute Gasteiger partial charge is 0.341 e. The number of nitrogens with one attached hydrogen (secondary N) is 2. The van der Waals surface area contributed by atoms with Gasteiger partial charge in [0.15, 0.2) is 5.11 Å². The van der Waals surface area contributed by atoms with Gasteiger partial charge in [-0.3, -0.25) is 9.48 Å². The zero-order valence-corrected chi connectivity index (χ0v) is 16.1. The van der Waals surface area contributed by atoms with E-state index in [1.54, 1.807) is 7.05 Å². The van der Waals surface area contributed by atoms with Gasteiger partial charge in [-0.15, -0.1) is 11.3 Å². The number of nitrogens with zero attached hydrogens (tertiary/aromatic N) is 2. The van der Waals surface area contributed by atoms with Crippen molar-refractivity contribution in [2.24, 2.45) is 12.8 Å². The van der Waals surface area contributed by atoms with Gasteiger partial charge in [0.05, 0.1) is 24.6 Å². The lowest BCUT2D eigenvalue weighted by Crippen LogP contribution is -2.23. The summed E-state index contributed by atoms with van der Waals surface area (Å²) in [6, 6.07) is 0. The number of ether oxygens (including phenoxy) is 1. The van der Waals surface area contributed by atoms with Crippen LogP contribution in [0.1, 0.15) is 44.1 Å². The first-order valence-corrected chi connectivity index (χ1v) is 9.27. The van der Waals surface area contributed by atoms with Crippen LogP contribution in [0.15, 0.2) is 6.20 Å². The molecule has 0 unspecified atom stereocenters. The highest BCUT2D eigenvalue weighted by atomic mass is 32.1. The summed E-state index contributed by atoms with van der Waals surface area (Å²) in [4.78, 5) is 25.0. The van der Waals surface area contributed by atoms with Crippen molar-refractivity contribution >= 4 is 51.2 Å². The molecule has 0 aromatic carbocycles. The Kier molecular flexibility index (Phi) is 5.23. The highest BCUT2D eigenvalue weighted by Gasteiger charge is 2.26. The van der Waals surface area contributed by atoms with E-state index in [2.05, 4.69) is 15.7 Å². The fourth-order valence-electron chi connectivity index (χ4n) is 3.05. The van der Waals surface area contributed by atoms with E-state index >= 15 is 0 Å². The molecule has 0 saturated carbocycles. The van der Waals surface area contributed by atoms with E-state index in [0.29, 0.717) is 16.3 Å². The Morgan fingerprint density at radius 3 is 2.77 bits per heavy atom. The number of rotatable bonds is 4. The monoisotopic (exact) mass is 393 g/mol. The van der Waals surface area contributed by atoms with Crippen LogP contribution in [0.5, 0.6) is 0 Å². The summed E-state index contributed by atoms with van der Waals surface area (Å²) in [5.74, 6) is -0.994. The van der Waals surface area contributed by atoms with E-state index < -0.39 is 5.91 Å². The maximum Gasteiger partial charge on any atom is 0.341 e. The zero-order chi connectivity index (χ0) is 18.8. The predicted octanol–water partition coefficient (Wildman–Crippen LogP) is 2.05. The Hall–Kier alpha value is -2.46. The van der Waals surface area contributed by atoms with E-state index in [0.717, 1.165) is 31.2 Å². The van der Waals surface area contributed by atoms with Gasteiger partial charge in [-0.2, -0.15) is 5.10 Å². The number of aromatic nitrogens is 2. The summed E-state index contributed by atoms with van der Waals surface area (Å²) >= 11 is 6.85. The summed E-state index contributed by atoms with van der Waals surface area (Å²) in [6.07, 6.45) is 5.42. The third-order valence-corrected chi connectivity index (χ3v) is 5.62. The maximum atomic E-state index is 12.3. The van der Waals surface area contributed by atoms with Crippen molar-refractivity contribution in [3.8, 4) is 0 Å². The van der Waals surface area contributed by atoms with Gasteiger partial charge in [0, 0.05) is 11.9 Å². The molecule has 0 fully saturated rings. The fourth-order valence-corrected chi connectivity index (χ4v) is 4.61. The summed E-state index contributed by atoms with van der Waals surface area (Å²) in [6.45, 7) is 0. The van der Waals surface area contributed by atoms with Gasteiger partial charge >= 0.3 is 5.97 Å². The van der Waals surface area contributed by atoms with E-state index in [-0.39, 0.29) is 16.8 Å². The molecule has 1 aliphatic carbocycles. The standard InChI is InChI=1S/C16H19N5O3S2/c1-21-12(13(17)22)9(7-18-21)19-16(25)20-14-11(15(23)24-2)8-5-3-4-6-10(8)26-14/h7H,3-6H2,1-2H3,(H2,17,22)(H2,19,20,25). The number of hydrogen-bond donors (Lipinski definition) is 3. The minimum absolute atomic E-state index is 0.216. The molecule has 8 nitrogen and oxygen atoms in total. The summed E-state index contributed by atoms with van der Waals surface area (Å²) < 4.78 is 6.32. The van der Waals surface area contributed by atoms with Crippen LogP contribution in [0.2, 0.25) is 0 Å². The van der Waals surface area contributed by atoms with Gasteiger partial charge in [0.1, 0.15) is 10.7 Å². The molecular weight excluding hydrogens is 374 g/mol. The van der Waals surface area contributed by atoms with Gasteiger partial charge in [0.25, 0.3) is 5.91 Å². The third kappa shape index (κ3) is 3.42. The highest BCUT2D eigenvalue weighted by molar-refractivity contribution is 7.80. The average molecular weight is 393 g/mol. The number of methoxy groups -OCH3 is 1. The van der Waals surface area contributed by atoms with Crippen molar-refractivity contribution in [3.05, 3.63) is 27.9 Å². The largest absolute Gasteiger partial charge is 0.465 e. The molecule has 0 atom stereocenters. The van der Waals surface area contributed by atoms with Crippen LogP contribution in [0, 0.1) is 0 Å². The molecule has 10 heteroatoms. The molecular formula is C16H19N5O3S2.